The van der Waals surface area contributed by atoms with Crippen LogP contribution in [0.4, 0.5) is 19.0 Å². The van der Waals surface area contributed by atoms with Gasteiger partial charge in [-0.15, -0.1) is 0 Å². The Balaban J connectivity index is 0.000000791. The van der Waals surface area contributed by atoms with Crippen molar-refractivity contribution in [3.63, 3.8) is 0 Å². The number of hydrogen-bond donors (Lipinski definition) is 1. The molecule has 0 atom stereocenters. The molecular weight excluding hydrogens is 193 g/mol. The highest BCUT2D eigenvalue weighted by molar-refractivity contribution is 5.34. The van der Waals surface area contributed by atoms with Crippen molar-refractivity contribution in [3.05, 3.63) is 23.4 Å². The van der Waals surface area contributed by atoms with E-state index in [9.17, 15) is 13.2 Å². The van der Waals surface area contributed by atoms with E-state index in [-0.39, 0.29) is 5.82 Å². The lowest BCUT2D eigenvalue weighted by atomic mass is 10.2. The first-order valence-electron chi connectivity index (χ1n) is 4.21. The number of halogens is 3. The zero-order chi connectivity index (χ0) is 11.4. The molecule has 1 aromatic rings. The second kappa shape index (κ2) is 4.83. The summed E-state index contributed by atoms with van der Waals surface area (Å²) in [6, 6.07) is 2.34. The molecule has 0 unspecified atom stereocenters. The molecule has 0 radical (unpaired) electrons. The van der Waals surface area contributed by atoms with Crippen LogP contribution >= 0.6 is 0 Å². The Hall–Kier alpha value is -1.26. The number of alkyl halides is 3. The van der Waals surface area contributed by atoms with E-state index in [1.165, 1.54) is 13.0 Å². The second-order valence-corrected chi connectivity index (χ2v) is 2.45. The summed E-state index contributed by atoms with van der Waals surface area (Å²) in [6.07, 6.45) is -4.42. The largest absolute Gasteiger partial charge is 0.433 e. The quantitative estimate of drug-likeness (QED) is 0.708. The monoisotopic (exact) mass is 206 g/mol. The minimum Gasteiger partial charge on any atom is -0.384 e. The minimum atomic E-state index is -4.42. The zero-order valence-electron chi connectivity index (χ0n) is 8.31. The number of hydrogen-bond acceptors (Lipinski definition) is 2. The Morgan fingerprint density at radius 2 is 1.71 bits per heavy atom. The van der Waals surface area contributed by atoms with Gasteiger partial charge in [0.15, 0.2) is 0 Å². The molecule has 0 spiro atoms. The van der Waals surface area contributed by atoms with Crippen LogP contribution in [0.1, 0.15) is 25.1 Å². The van der Waals surface area contributed by atoms with Crippen LogP contribution in [-0.2, 0) is 6.18 Å². The van der Waals surface area contributed by atoms with Crippen molar-refractivity contribution in [3.8, 4) is 0 Å². The molecule has 5 heteroatoms. The predicted molar refractivity (Wildman–Crippen MR) is 49.7 cm³/mol. The number of nitrogens with zero attached hydrogens (tertiary/aromatic N) is 1. The fraction of sp³-hybridized carbons (Fsp3) is 0.444. The molecule has 80 valence electrons. The lowest BCUT2D eigenvalue weighted by molar-refractivity contribution is -0.141. The van der Waals surface area contributed by atoms with Crippen molar-refractivity contribution < 1.29 is 13.2 Å². The van der Waals surface area contributed by atoms with E-state index < -0.39 is 11.9 Å². The van der Waals surface area contributed by atoms with Gasteiger partial charge >= 0.3 is 6.18 Å². The molecule has 0 saturated carbocycles. The third-order valence-electron chi connectivity index (χ3n) is 1.28. The van der Waals surface area contributed by atoms with E-state index in [1.807, 2.05) is 13.8 Å². The summed E-state index contributed by atoms with van der Waals surface area (Å²) in [5.41, 5.74) is 4.65. The summed E-state index contributed by atoms with van der Waals surface area (Å²) in [7, 11) is 0. The molecule has 2 nitrogen and oxygen atoms in total. The Kier molecular flexibility index (Phi) is 4.40. The number of pyridine rings is 1. The van der Waals surface area contributed by atoms with Crippen molar-refractivity contribution in [1.29, 1.82) is 0 Å². The molecule has 0 aliphatic heterocycles. The normalized spacial score (nSPS) is 10.4. The second-order valence-electron chi connectivity index (χ2n) is 2.45. The van der Waals surface area contributed by atoms with Crippen LogP contribution in [0.2, 0.25) is 0 Å². The third-order valence-corrected chi connectivity index (χ3v) is 1.28. The van der Waals surface area contributed by atoms with Gasteiger partial charge in [-0.05, 0) is 24.6 Å². The smallest absolute Gasteiger partial charge is 0.384 e. The minimum absolute atomic E-state index is 0.109. The maximum absolute atomic E-state index is 12.0. The van der Waals surface area contributed by atoms with Gasteiger partial charge in [-0.25, -0.2) is 4.98 Å². The molecule has 2 N–H and O–H groups in total. The SMILES string of the molecule is CC.Cc1cc(N)nc(C(F)(F)F)c1. The van der Waals surface area contributed by atoms with Crippen LogP contribution < -0.4 is 5.73 Å². The van der Waals surface area contributed by atoms with Gasteiger partial charge in [0.05, 0.1) is 0 Å². The van der Waals surface area contributed by atoms with E-state index in [0.717, 1.165) is 6.07 Å². The number of anilines is 1. The summed E-state index contributed by atoms with van der Waals surface area (Å²) < 4.78 is 36.1. The first-order valence-corrected chi connectivity index (χ1v) is 4.21. The van der Waals surface area contributed by atoms with Crippen LogP contribution in [-0.4, -0.2) is 4.98 Å². The van der Waals surface area contributed by atoms with Crippen molar-refractivity contribution in [1.82, 2.24) is 4.98 Å². The maximum atomic E-state index is 12.0. The number of aryl methyl sites for hydroxylation is 1. The summed E-state index contributed by atoms with van der Waals surface area (Å²) in [4.78, 5) is 3.16. The summed E-state index contributed by atoms with van der Waals surface area (Å²) >= 11 is 0. The maximum Gasteiger partial charge on any atom is 0.433 e. The average Bonchev–Trinajstić information content (AvgIpc) is 2.04. The van der Waals surface area contributed by atoms with E-state index in [1.54, 1.807) is 0 Å². The van der Waals surface area contributed by atoms with E-state index in [2.05, 4.69) is 4.98 Å². The van der Waals surface area contributed by atoms with Gasteiger partial charge in [-0.1, -0.05) is 13.8 Å². The molecule has 0 bridgehead atoms. The summed E-state index contributed by atoms with van der Waals surface area (Å²) in [5, 5.41) is 0. The van der Waals surface area contributed by atoms with Crippen molar-refractivity contribution in [2.45, 2.75) is 26.9 Å². The first-order chi connectivity index (χ1) is 6.39. The highest BCUT2D eigenvalue weighted by Gasteiger charge is 2.32. The van der Waals surface area contributed by atoms with Gasteiger partial charge in [0, 0.05) is 0 Å². The zero-order valence-corrected chi connectivity index (χ0v) is 8.31. The molecule has 1 aromatic heterocycles. The molecule has 0 aliphatic carbocycles. The standard InChI is InChI=1S/C7H7F3N2.C2H6/c1-4-2-5(7(8,9)10)12-6(11)3-4;1-2/h2-3H,1H3,(H2,11,12);1-2H3. The van der Waals surface area contributed by atoms with Crippen LogP contribution in [0.5, 0.6) is 0 Å². The van der Waals surface area contributed by atoms with Crippen molar-refractivity contribution >= 4 is 5.82 Å². The van der Waals surface area contributed by atoms with E-state index in [4.69, 9.17) is 5.73 Å². The van der Waals surface area contributed by atoms with Gasteiger partial charge in [-0.2, -0.15) is 13.2 Å². The highest BCUT2D eigenvalue weighted by Crippen LogP contribution is 2.28. The van der Waals surface area contributed by atoms with Gasteiger partial charge in [0.25, 0.3) is 0 Å². The van der Waals surface area contributed by atoms with Gasteiger partial charge in [0.2, 0.25) is 0 Å². The lowest BCUT2D eigenvalue weighted by Gasteiger charge is -2.06. The first kappa shape index (κ1) is 12.7. The molecule has 0 aromatic carbocycles. The highest BCUT2D eigenvalue weighted by atomic mass is 19.4. The third kappa shape index (κ3) is 3.64. The Morgan fingerprint density at radius 3 is 2.07 bits per heavy atom. The molecule has 1 heterocycles. The fourth-order valence-electron chi connectivity index (χ4n) is 0.839. The van der Waals surface area contributed by atoms with Crippen molar-refractivity contribution in [2.75, 3.05) is 5.73 Å². The summed E-state index contributed by atoms with van der Waals surface area (Å²) in [6.45, 7) is 5.54. The molecule has 0 fully saturated rings. The van der Waals surface area contributed by atoms with E-state index >= 15 is 0 Å². The van der Waals surface area contributed by atoms with Crippen LogP contribution in [0, 0.1) is 6.92 Å². The van der Waals surface area contributed by atoms with Crippen LogP contribution in [0.3, 0.4) is 0 Å². The number of nitrogens with two attached hydrogens (primary N) is 1. The molecule has 14 heavy (non-hydrogen) atoms. The van der Waals surface area contributed by atoms with Gasteiger partial charge < -0.3 is 5.73 Å². The Bertz CT molecular complexity index is 274. The fourth-order valence-corrected chi connectivity index (χ4v) is 0.839. The van der Waals surface area contributed by atoms with E-state index in [0.29, 0.717) is 5.56 Å². The molecule has 0 saturated heterocycles. The van der Waals surface area contributed by atoms with Crippen LogP contribution in [0.25, 0.3) is 0 Å². The summed E-state index contributed by atoms with van der Waals surface area (Å²) in [5.74, 6) is -0.109. The lowest BCUT2D eigenvalue weighted by Crippen LogP contribution is -2.09. The van der Waals surface area contributed by atoms with Crippen molar-refractivity contribution in [2.24, 2.45) is 0 Å². The average molecular weight is 206 g/mol. The predicted octanol–water partition coefficient (Wildman–Crippen LogP) is 3.02. The molecule has 0 amide bonds. The molecule has 0 aliphatic rings. The molecular formula is C9H13F3N2. The Labute approximate surface area is 81.0 Å². The topological polar surface area (TPSA) is 38.9 Å². The molecule has 1 rings (SSSR count). The van der Waals surface area contributed by atoms with Gasteiger partial charge in [0.1, 0.15) is 11.5 Å². The number of rotatable bonds is 0. The van der Waals surface area contributed by atoms with Crippen LogP contribution in [0.15, 0.2) is 12.1 Å². The van der Waals surface area contributed by atoms with Gasteiger partial charge in [-0.3, -0.25) is 0 Å². The Morgan fingerprint density at radius 1 is 1.21 bits per heavy atom. The number of aromatic nitrogens is 1. The number of nitrogen functional groups attached to an aromatic ring is 1.